The van der Waals surface area contributed by atoms with E-state index in [0.717, 1.165) is 11.3 Å². The zero-order chi connectivity index (χ0) is 14.4. The molecule has 0 aromatic heterocycles. The van der Waals surface area contributed by atoms with E-state index in [0.29, 0.717) is 6.42 Å². The Bertz CT molecular complexity index is 542. The van der Waals surface area contributed by atoms with E-state index in [2.05, 4.69) is 0 Å². The lowest BCUT2D eigenvalue weighted by molar-refractivity contribution is -0.140. The summed E-state index contributed by atoms with van der Waals surface area (Å²) < 4.78 is 0. The lowest BCUT2D eigenvalue weighted by atomic mass is 10.1. The van der Waals surface area contributed by atoms with Crippen LogP contribution in [0, 0.1) is 0 Å². The van der Waals surface area contributed by atoms with Crippen LogP contribution in [0.1, 0.15) is 5.56 Å². The molecule has 0 saturated heterocycles. The molecule has 0 amide bonds. The van der Waals surface area contributed by atoms with Gasteiger partial charge < -0.3 is 5.11 Å². The van der Waals surface area contributed by atoms with Crippen molar-refractivity contribution < 1.29 is 14.7 Å². The summed E-state index contributed by atoms with van der Waals surface area (Å²) in [6.07, 6.45) is 0.374. The number of anilines is 1. The third-order valence-corrected chi connectivity index (χ3v) is 3.05. The van der Waals surface area contributed by atoms with Crippen LogP contribution < -0.4 is 5.06 Å². The Labute approximate surface area is 118 Å². The molecule has 0 aliphatic carbocycles. The number of carboxylic acids is 1. The standard InChI is InChI=1S/C16H17NO3/c1-20-17(14-10-6-3-7-11-14)15(16(18)19)12-13-8-4-2-5-9-13/h2-11,15H,12H2,1H3,(H,18,19). The predicted octanol–water partition coefficient (Wildman–Crippen LogP) is 2.75. The van der Waals surface area contributed by atoms with Gasteiger partial charge >= 0.3 is 5.97 Å². The Balaban J connectivity index is 2.25. The highest BCUT2D eigenvalue weighted by atomic mass is 16.7. The maximum absolute atomic E-state index is 11.6. The third-order valence-electron chi connectivity index (χ3n) is 3.05. The summed E-state index contributed by atoms with van der Waals surface area (Å²) in [5.41, 5.74) is 1.68. The van der Waals surface area contributed by atoms with Gasteiger partial charge in [-0.1, -0.05) is 48.5 Å². The van der Waals surface area contributed by atoms with Crippen LogP contribution in [0.3, 0.4) is 0 Å². The molecule has 0 saturated carbocycles. The van der Waals surface area contributed by atoms with Gasteiger partial charge in [-0.05, 0) is 17.7 Å². The number of hydrogen-bond donors (Lipinski definition) is 1. The molecule has 0 fully saturated rings. The predicted molar refractivity (Wildman–Crippen MR) is 77.5 cm³/mol. The van der Waals surface area contributed by atoms with Crippen LogP contribution in [0.15, 0.2) is 60.7 Å². The molecule has 0 aliphatic heterocycles. The number of hydrogen-bond acceptors (Lipinski definition) is 3. The van der Waals surface area contributed by atoms with E-state index in [9.17, 15) is 9.90 Å². The summed E-state index contributed by atoms with van der Waals surface area (Å²) in [7, 11) is 1.48. The normalized spacial score (nSPS) is 11.8. The number of carbonyl (C=O) groups is 1. The fourth-order valence-electron chi connectivity index (χ4n) is 2.10. The molecular formula is C16H17NO3. The van der Waals surface area contributed by atoms with Gasteiger partial charge in [0.25, 0.3) is 0 Å². The lowest BCUT2D eigenvalue weighted by Crippen LogP contribution is -2.42. The molecule has 2 aromatic carbocycles. The maximum atomic E-state index is 11.6. The smallest absolute Gasteiger partial charge is 0.329 e. The quantitative estimate of drug-likeness (QED) is 0.821. The maximum Gasteiger partial charge on any atom is 0.329 e. The average Bonchev–Trinajstić information content (AvgIpc) is 2.49. The monoisotopic (exact) mass is 271 g/mol. The van der Waals surface area contributed by atoms with Gasteiger partial charge in [0.05, 0.1) is 12.8 Å². The molecule has 0 radical (unpaired) electrons. The molecule has 0 heterocycles. The fourth-order valence-corrected chi connectivity index (χ4v) is 2.10. The van der Waals surface area contributed by atoms with Gasteiger partial charge in [0.2, 0.25) is 0 Å². The third kappa shape index (κ3) is 3.36. The molecule has 1 atom stereocenters. The fraction of sp³-hybridized carbons (Fsp3) is 0.188. The van der Waals surface area contributed by atoms with Crippen LogP contribution in [-0.2, 0) is 16.1 Å². The van der Waals surface area contributed by atoms with E-state index >= 15 is 0 Å². The lowest BCUT2D eigenvalue weighted by Gasteiger charge is -2.28. The van der Waals surface area contributed by atoms with Crippen LogP contribution in [0.5, 0.6) is 0 Å². The van der Waals surface area contributed by atoms with Gasteiger partial charge in [-0.3, -0.25) is 4.84 Å². The molecule has 2 rings (SSSR count). The number of nitrogens with zero attached hydrogens (tertiary/aromatic N) is 1. The second-order valence-corrected chi connectivity index (χ2v) is 4.39. The number of carboxylic acid groups (broad SMARTS) is 1. The summed E-state index contributed by atoms with van der Waals surface area (Å²) in [6, 6.07) is 18.0. The van der Waals surface area contributed by atoms with E-state index < -0.39 is 12.0 Å². The van der Waals surface area contributed by atoms with Crippen molar-refractivity contribution >= 4 is 11.7 Å². The van der Waals surface area contributed by atoms with Gasteiger partial charge in [-0.2, -0.15) is 0 Å². The summed E-state index contributed by atoms with van der Waals surface area (Å²) in [6.45, 7) is 0. The van der Waals surface area contributed by atoms with E-state index in [1.807, 2.05) is 60.7 Å². The Hall–Kier alpha value is -2.33. The van der Waals surface area contributed by atoms with Crippen molar-refractivity contribution in [3.05, 3.63) is 66.2 Å². The largest absolute Gasteiger partial charge is 0.480 e. The van der Waals surface area contributed by atoms with Gasteiger partial charge in [0.1, 0.15) is 0 Å². The summed E-state index contributed by atoms with van der Waals surface area (Å²) >= 11 is 0. The van der Waals surface area contributed by atoms with Crippen molar-refractivity contribution in [3.8, 4) is 0 Å². The first-order valence-corrected chi connectivity index (χ1v) is 6.37. The van der Waals surface area contributed by atoms with Crippen molar-refractivity contribution in [3.63, 3.8) is 0 Å². The Morgan fingerprint density at radius 3 is 2.15 bits per heavy atom. The van der Waals surface area contributed by atoms with Crippen LogP contribution in [-0.4, -0.2) is 24.2 Å². The van der Waals surface area contributed by atoms with E-state index in [-0.39, 0.29) is 0 Å². The topological polar surface area (TPSA) is 49.8 Å². The highest BCUT2D eigenvalue weighted by molar-refractivity contribution is 5.78. The van der Waals surface area contributed by atoms with Crippen molar-refractivity contribution in [2.24, 2.45) is 0 Å². The second kappa shape index (κ2) is 6.73. The Morgan fingerprint density at radius 1 is 1.10 bits per heavy atom. The second-order valence-electron chi connectivity index (χ2n) is 4.39. The zero-order valence-corrected chi connectivity index (χ0v) is 11.3. The molecule has 2 aromatic rings. The van der Waals surface area contributed by atoms with Crippen LogP contribution in [0.4, 0.5) is 5.69 Å². The molecule has 0 spiro atoms. The van der Waals surface area contributed by atoms with Crippen molar-refractivity contribution in [1.29, 1.82) is 0 Å². The minimum Gasteiger partial charge on any atom is -0.480 e. The van der Waals surface area contributed by atoms with Crippen molar-refractivity contribution in [1.82, 2.24) is 0 Å². The average molecular weight is 271 g/mol. The highest BCUT2D eigenvalue weighted by Crippen LogP contribution is 2.19. The number of aliphatic carboxylic acids is 1. The Morgan fingerprint density at radius 2 is 1.65 bits per heavy atom. The molecule has 0 bridgehead atoms. The molecule has 4 heteroatoms. The van der Waals surface area contributed by atoms with E-state index in [4.69, 9.17) is 4.84 Å². The van der Waals surface area contributed by atoms with Crippen LogP contribution in [0.2, 0.25) is 0 Å². The Kier molecular flexibility index (Phi) is 4.74. The molecule has 4 nitrogen and oxygen atoms in total. The number of hydroxylamine groups is 1. The first kappa shape index (κ1) is 14.1. The van der Waals surface area contributed by atoms with E-state index in [1.165, 1.54) is 12.2 Å². The van der Waals surface area contributed by atoms with Gasteiger partial charge in [-0.25, -0.2) is 9.86 Å². The van der Waals surface area contributed by atoms with Crippen LogP contribution >= 0.6 is 0 Å². The molecule has 0 aliphatic rings. The molecule has 20 heavy (non-hydrogen) atoms. The molecule has 1 N–H and O–H groups in total. The van der Waals surface area contributed by atoms with Gasteiger partial charge in [0.15, 0.2) is 6.04 Å². The molecule has 104 valence electrons. The zero-order valence-electron chi connectivity index (χ0n) is 11.3. The number of para-hydroxylation sites is 1. The first-order chi connectivity index (χ1) is 9.72. The summed E-state index contributed by atoms with van der Waals surface area (Å²) in [5.74, 6) is -0.917. The minimum atomic E-state index is -0.917. The number of benzene rings is 2. The minimum absolute atomic E-state index is 0.374. The van der Waals surface area contributed by atoms with Crippen molar-refractivity contribution in [2.75, 3.05) is 12.2 Å². The SMILES string of the molecule is CON(c1ccccc1)C(Cc1ccccc1)C(=O)O. The summed E-state index contributed by atoms with van der Waals surface area (Å²) in [4.78, 5) is 16.8. The van der Waals surface area contributed by atoms with Crippen molar-refractivity contribution in [2.45, 2.75) is 12.5 Å². The van der Waals surface area contributed by atoms with Gasteiger partial charge in [0, 0.05) is 6.42 Å². The van der Waals surface area contributed by atoms with Crippen LogP contribution in [0.25, 0.3) is 0 Å². The summed E-state index contributed by atoms with van der Waals surface area (Å²) in [5, 5.41) is 10.9. The first-order valence-electron chi connectivity index (χ1n) is 6.37. The highest BCUT2D eigenvalue weighted by Gasteiger charge is 2.26. The van der Waals surface area contributed by atoms with Gasteiger partial charge in [-0.15, -0.1) is 0 Å². The van der Waals surface area contributed by atoms with E-state index in [1.54, 1.807) is 0 Å². The molecule has 1 unspecified atom stereocenters. The number of rotatable bonds is 6. The molecular weight excluding hydrogens is 254 g/mol.